The number of nitrogens with zero attached hydrogens (tertiary/aromatic N) is 1. The van der Waals surface area contributed by atoms with Crippen LogP contribution in [0.4, 0.5) is 0 Å². The summed E-state index contributed by atoms with van der Waals surface area (Å²) in [6.07, 6.45) is 1.72. The van der Waals surface area contributed by atoms with E-state index in [1.807, 2.05) is 19.2 Å². The molecule has 13 heavy (non-hydrogen) atoms. The molecule has 0 radical (unpaired) electrons. The van der Waals surface area contributed by atoms with Crippen LogP contribution in [0.5, 0.6) is 5.88 Å². The summed E-state index contributed by atoms with van der Waals surface area (Å²) in [5, 5.41) is 3.04. The van der Waals surface area contributed by atoms with Crippen molar-refractivity contribution in [1.29, 1.82) is 0 Å². The number of halogens is 2. The van der Waals surface area contributed by atoms with Crippen LogP contribution in [-0.4, -0.2) is 19.1 Å². The molecule has 0 bridgehead atoms. The number of ether oxygens (including phenoxy) is 1. The minimum atomic E-state index is 0. The molecule has 1 aromatic rings. The lowest BCUT2D eigenvalue weighted by molar-refractivity contribution is 0.391. The van der Waals surface area contributed by atoms with Crippen LogP contribution in [0.15, 0.2) is 18.3 Å². The van der Waals surface area contributed by atoms with Crippen LogP contribution in [-0.2, 0) is 6.54 Å². The van der Waals surface area contributed by atoms with Gasteiger partial charge in [0.1, 0.15) is 0 Å². The summed E-state index contributed by atoms with van der Waals surface area (Å²) < 4.78 is 5.05. The van der Waals surface area contributed by atoms with E-state index in [9.17, 15) is 0 Å². The maximum atomic E-state index is 5.05. The highest BCUT2D eigenvalue weighted by atomic mass is 35.5. The summed E-state index contributed by atoms with van der Waals surface area (Å²) >= 11 is 0. The van der Waals surface area contributed by atoms with Crippen molar-refractivity contribution in [3.8, 4) is 5.88 Å². The number of rotatable bonds is 3. The monoisotopic (exact) mass is 224 g/mol. The van der Waals surface area contributed by atoms with Gasteiger partial charge in [-0.1, -0.05) is 6.07 Å². The highest BCUT2D eigenvalue weighted by Gasteiger charge is 1.99. The average molecular weight is 225 g/mol. The predicted molar refractivity (Wildman–Crippen MR) is 58.0 cm³/mol. The van der Waals surface area contributed by atoms with Crippen LogP contribution in [0, 0.1) is 0 Å². The van der Waals surface area contributed by atoms with Crippen molar-refractivity contribution in [3.05, 3.63) is 23.9 Å². The fourth-order valence-corrected chi connectivity index (χ4v) is 0.933. The smallest absolute Gasteiger partial charge is 0.217 e. The van der Waals surface area contributed by atoms with Crippen LogP contribution in [0.25, 0.3) is 0 Å². The molecule has 0 fully saturated rings. The highest BCUT2D eigenvalue weighted by molar-refractivity contribution is 5.85. The second kappa shape index (κ2) is 8.10. The van der Waals surface area contributed by atoms with Gasteiger partial charge in [0.05, 0.1) is 7.11 Å². The molecule has 3 nitrogen and oxygen atoms in total. The van der Waals surface area contributed by atoms with E-state index in [-0.39, 0.29) is 24.8 Å². The summed E-state index contributed by atoms with van der Waals surface area (Å²) in [7, 11) is 3.52. The maximum absolute atomic E-state index is 5.05. The van der Waals surface area contributed by atoms with E-state index in [1.54, 1.807) is 13.3 Å². The third kappa shape index (κ3) is 4.31. The minimum absolute atomic E-state index is 0. The van der Waals surface area contributed by atoms with E-state index >= 15 is 0 Å². The number of hydrogen-bond donors (Lipinski definition) is 1. The van der Waals surface area contributed by atoms with Gasteiger partial charge in [0.2, 0.25) is 5.88 Å². The molecule has 1 heterocycles. The summed E-state index contributed by atoms with van der Waals surface area (Å²) in [5.74, 6) is 0.696. The molecular weight excluding hydrogens is 211 g/mol. The Bertz CT molecular complexity index is 233. The molecule has 0 aliphatic rings. The standard InChI is InChI=1S/C8H12N2O.2ClH/c1-9-6-7-4-3-5-10-8(7)11-2;;/h3-5,9H,6H2,1-2H3;2*1H. The fourth-order valence-electron chi connectivity index (χ4n) is 0.933. The molecule has 0 saturated heterocycles. The first-order valence-electron chi connectivity index (χ1n) is 3.51. The third-order valence-electron chi connectivity index (χ3n) is 1.41. The number of methoxy groups -OCH3 is 1. The van der Waals surface area contributed by atoms with E-state index < -0.39 is 0 Å². The molecule has 1 aromatic heterocycles. The molecule has 5 heteroatoms. The van der Waals surface area contributed by atoms with E-state index in [0.717, 1.165) is 12.1 Å². The van der Waals surface area contributed by atoms with Crippen molar-refractivity contribution in [1.82, 2.24) is 10.3 Å². The molecule has 76 valence electrons. The number of pyridine rings is 1. The van der Waals surface area contributed by atoms with Gasteiger partial charge in [0.25, 0.3) is 0 Å². The van der Waals surface area contributed by atoms with Gasteiger partial charge in [-0.3, -0.25) is 0 Å². The van der Waals surface area contributed by atoms with Crippen LogP contribution in [0.3, 0.4) is 0 Å². The molecule has 0 aromatic carbocycles. The molecule has 0 saturated carbocycles. The van der Waals surface area contributed by atoms with Gasteiger partial charge in [-0.05, 0) is 13.1 Å². The first-order chi connectivity index (χ1) is 5.38. The van der Waals surface area contributed by atoms with Gasteiger partial charge in [-0.15, -0.1) is 24.8 Å². The SMILES string of the molecule is CNCc1cccnc1OC.Cl.Cl. The lowest BCUT2D eigenvalue weighted by atomic mass is 10.3. The molecule has 1 N–H and O–H groups in total. The van der Waals surface area contributed by atoms with Gasteiger partial charge in [0, 0.05) is 18.3 Å². The number of hydrogen-bond acceptors (Lipinski definition) is 3. The molecule has 0 unspecified atom stereocenters. The van der Waals surface area contributed by atoms with E-state index in [4.69, 9.17) is 4.74 Å². The Morgan fingerprint density at radius 2 is 2.15 bits per heavy atom. The summed E-state index contributed by atoms with van der Waals surface area (Å²) in [6, 6.07) is 3.89. The van der Waals surface area contributed by atoms with E-state index in [1.165, 1.54) is 0 Å². The lowest BCUT2D eigenvalue weighted by Gasteiger charge is -2.04. The molecule has 0 spiro atoms. The van der Waals surface area contributed by atoms with Crippen molar-refractivity contribution in [3.63, 3.8) is 0 Å². The van der Waals surface area contributed by atoms with Gasteiger partial charge in [-0.2, -0.15) is 0 Å². The van der Waals surface area contributed by atoms with Crippen LogP contribution < -0.4 is 10.1 Å². The minimum Gasteiger partial charge on any atom is -0.481 e. The molecule has 0 amide bonds. The Morgan fingerprint density at radius 1 is 1.46 bits per heavy atom. The summed E-state index contributed by atoms with van der Waals surface area (Å²) in [4.78, 5) is 4.05. The predicted octanol–water partition coefficient (Wildman–Crippen LogP) is 1.65. The fraction of sp³-hybridized carbons (Fsp3) is 0.375. The third-order valence-corrected chi connectivity index (χ3v) is 1.41. The number of aromatic nitrogens is 1. The van der Waals surface area contributed by atoms with Crippen LogP contribution >= 0.6 is 24.8 Å². The second-order valence-electron chi connectivity index (χ2n) is 2.20. The zero-order valence-corrected chi connectivity index (χ0v) is 9.24. The zero-order chi connectivity index (χ0) is 8.10. The topological polar surface area (TPSA) is 34.2 Å². The number of nitrogens with one attached hydrogen (secondary N) is 1. The van der Waals surface area contributed by atoms with Crippen LogP contribution in [0.1, 0.15) is 5.56 Å². The van der Waals surface area contributed by atoms with Crippen molar-refractivity contribution >= 4 is 24.8 Å². The van der Waals surface area contributed by atoms with Crippen LogP contribution in [0.2, 0.25) is 0 Å². The van der Waals surface area contributed by atoms with Crippen molar-refractivity contribution in [2.45, 2.75) is 6.54 Å². The largest absolute Gasteiger partial charge is 0.481 e. The molecule has 0 aliphatic carbocycles. The Kier molecular flexibility index (Phi) is 9.34. The molecule has 0 atom stereocenters. The van der Waals surface area contributed by atoms with Crippen molar-refractivity contribution < 1.29 is 4.74 Å². The summed E-state index contributed by atoms with van der Waals surface area (Å²) in [5.41, 5.74) is 1.08. The molecule has 1 rings (SSSR count). The zero-order valence-electron chi connectivity index (χ0n) is 7.61. The molecular formula is C8H14Cl2N2O. The van der Waals surface area contributed by atoms with E-state index in [0.29, 0.717) is 5.88 Å². The Labute approximate surface area is 90.7 Å². The van der Waals surface area contributed by atoms with Gasteiger partial charge in [-0.25, -0.2) is 4.98 Å². The van der Waals surface area contributed by atoms with E-state index in [2.05, 4.69) is 10.3 Å². The Hall–Kier alpha value is -0.510. The second-order valence-corrected chi connectivity index (χ2v) is 2.20. The first-order valence-corrected chi connectivity index (χ1v) is 3.51. The Balaban J connectivity index is 0. The van der Waals surface area contributed by atoms with Gasteiger partial charge in [0.15, 0.2) is 0 Å². The van der Waals surface area contributed by atoms with Gasteiger partial charge >= 0.3 is 0 Å². The average Bonchev–Trinajstić information content (AvgIpc) is 2.06. The van der Waals surface area contributed by atoms with Crippen molar-refractivity contribution in [2.75, 3.05) is 14.2 Å². The quantitative estimate of drug-likeness (QED) is 0.849. The van der Waals surface area contributed by atoms with Crippen molar-refractivity contribution in [2.24, 2.45) is 0 Å². The van der Waals surface area contributed by atoms with Gasteiger partial charge < -0.3 is 10.1 Å². The highest BCUT2D eigenvalue weighted by Crippen LogP contribution is 2.12. The maximum Gasteiger partial charge on any atom is 0.217 e. The molecule has 0 aliphatic heterocycles. The normalized spacial score (nSPS) is 8.15. The lowest BCUT2D eigenvalue weighted by Crippen LogP contribution is -2.07. The Morgan fingerprint density at radius 3 is 2.69 bits per heavy atom. The first kappa shape index (κ1) is 15.0. The summed E-state index contributed by atoms with van der Waals surface area (Å²) in [6.45, 7) is 0.789.